The van der Waals surface area contributed by atoms with Gasteiger partial charge in [0.25, 0.3) is 5.91 Å². The van der Waals surface area contributed by atoms with Gasteiger partial charge in [-0.1, -0.05) is 85.8 Å². The van der Waals surface area contributed by atoms with E-state index < -0.39 is 138 Å². The zero-order chi connectivity index (χ0) is 60.2. The number of piperidine rings is 1. The topological polar surface area (TPSA) is 314 Å². The number of rotatable bonds is 16. The van der Waals surface area contributed by atoms with Gasteiger partial charge < -0.3 is 66.0 Å². The summed E-state index contributed by atoms with van der Waals surface area (Å²) in [6, 6.07) is -0.673. The number of amides is 4. The third-order valence-corrected chi connectivity index (χ3v) is 17.4. The van der Waals surface area contributed by atoms with Crippen LogP contribution >= 0.6 is 0 Å². The van der Waals surface area contributed by atoms with Crippen molar-refractivity contribution in [3.8, 4) is 5.75 Å². The van der Waals surface area contributed by atoms with Crippen LogP contribution in [0.1, 0.15) is 139 Å². The van der Waals surface area contributed by atoms with Gasteiger partial charge in [-0.3, -0.25) is 29.0 Å². The van der Waals surface area contributed by atoms with Gasteiger partial charge in [-0.25, -0.2) is 9.82 Å². The summed E-state index contributed by atoms with van der Waals surface area (Å²) in [5.74, 6) is -8.98. The Morgan fingerprint density at radius 2 is 1.60 bits per heavy atom. The summed E-state index contributed by atoms with van der Waals surface area (Å²) in [4.78, 5) is 82.3. The third kappa shape index (κ3) is 17.5. The number of nitrogens with zero attached hydrogens (tertiary/aromatic N) is 1. The first-order valence-electron chi connectivity index (χ1n) is 29.0. The van der Waals surface area contributed by atoms with E-state index >= 15 is 0 Å². The molecule has 21 heteroatoms. The highest BCUT2D eigenvalue weighted by molar-refractivity contribution is 5.93. The monoisotopic (exact) mass is 1140 g/mol. The van der Waals surface area contributed by atoms with E-state index in [1.165, 1.54) is 38.1 Å². The fraction of sp³-hybridized carbons (Fsp3) is 0.700. The summed E-state index contributed by atoms with van der Waals surface area (Å²) in [6.07, 6.45) is 0.224. The predicted octanol–water partition coefficient (Wildman–Crippen LogP) is 3.71. The zero-order valence-electron chi connectivity index (χ0n) is 48.8. The van der Waals surface area contributed by atoms with E-state index in [4.69, 9.17) is 9.47 Å². The van der Waals surface area contributed by atoms with Crippen molar-refractivity contribution in [3.05, 3.63) is 65.5 Å². The molecule has 0 saturated carbocycles. The molecule has 2 bridgehead atoms. The molecule has 0 radical (unpaired) electrons. The second-order valence-corrected chi connectivity index (χ2v) is 23.9. The van der Waals surface area contributed by atoms with E-state index in [1.54, 1.807) is 32.9 Å². The van der Waals surface area contributed by atoms with Crippen molar-refractivity contribution in [2.45, 2.75) is 213 Å². The molecule has 19 atom stereocenters. The molecule has 4 amide bonds. The maximum absolute atomic E-state index is 14.6. The van der Waals surface area contributed by atoms with E-state index in [0.717, 1.165) is 17.1 Å². The molecule has 1 aromatic rings. The molecule has 3 fully saturated rings. The Balaban J connectivity index is 1.37. The summed E-state index contributed by atoms with van der Waals surface area (Å²) >= 11 is 0. The number of phenols is 1. The van der Waals surface area contributed by atoms with Crippen LogP contribution in [0.3, 0.4) is 0 Å². The van der Waals surface area contributed by atoms with E-state index in [9.17, 15) is 68.9 Å². The van der Waals surface area contributed by atoms with Crippen LogP contribution in [0, 0.1) is 53.2 Å². The summed E-state index contributed by atoms with van der Waals surface area (Å²) in [5.41, 5.74) is 2.31. The highest BCUT2D eigenvalue weighted by atomic mass is 19.1. The number of carbonyl (C=O) groups is 6. The fourth-order valence-electron chi connectivity index (χ4n) is 11.7. The number of Topliss-reactive ketones (excluding diaryl/α,β-unsaturated/α-hetero) is 1. The Morgan fingerprint density at radius 1 is 0.901 bits per heavy atom. The van der Waals surface area contributed by atoms with Crippen molar-refractivity contribution in [1.82, 2.24) is 26.4 Å². The number of hydrazine groups is 1. The number of allylic oxidation sites excluding steroid dienone is 2. The van der Waals surface area contributed by atoms with Crippen LogP contribution in [-0.4, -0.2) is 155 Å². The lowest BCUT2D eigenvalue weighted by Crippen LogP contribution is -2.71. The number of hydrogen-bond acceptors (Lipinski definition) is 16. The molecule has 4 heterocycles. The van der Waals surface area contributed by atoms with Crippen LogP contribution in [-0.2, 0) is 44.7 Å². The zero-order valence-corrected chi connectivity index (χ0v) is 48.8. The number of aliphatic hydroxyl groups is 6. The average molecular weight is 1140 g/mol. The van der Waals surface area contributed by atoms with E-state index in [2.05, 4.69) is 21.4 Å². The van der Waals surface area contributed by atoms with E-state index in [0.29, 0.717) is 24.8 Å². The van der Waals surface area contributed by atoms with Gasteiger partial charge in [0.05, 0.1) is 48.6 Å². The molecule has 20 nitrogen and oxygen atoms in total. The maximum atomic E-state index is 14.6. The summed E-state index contributed by atoms with van der Waals surface area (Å²) in [5, 5.41) is 88.4. The van der Waals surface area contributed by atoms with Crippen LogP contribution in [0.15, 0.2) is 54.2 Å². The molecule has 0 aliphatic carbocycles. The summed E-state index contributed by atoms with van der Waals surface area (Å²) < 4.78 is 27.4. The molecule has 2 unspecified atom stereocenters. The Hall–Kier alpha value is -5.13. The number of halogens is 1. The number of aromatic hydroxyl groups is 1. The molecule has 5 rings (SSSR count). The first kappa shape index (κ1) is 66.7. The molecule has 1 spiro atoms. The summed E-state index contributed by atoms with van der Waals surface area (Å²) in [7, 11) is 0. The number of nitrogens with one attached hydrogen (secondary N) is 4. The fourth-order valence-corrected chi connectivity index (χ4v) is 11.7. The standard InChI is InChI=1S/C60H92FN5O15/c1-11-40-25-34(6)60(64-55(40)75)38(10)53(73)37(9)51(81-60)30-48(71)32(4)19-22-47(70)49(72)24-33(5)50-18-14-12-13-17-46(69)36(8)54(74)43(21-20-35(7)67)56(76)63-52(31(2)3)57(77)62-45(28-39-26-41(61)29-42(68)27-39)58(78)66-23-15-16-44(65-66)59(79)80-50/h12-14,17,24,26-27,29,31-32,34,36-38,40,43-54,65,68-74H,11,15-16,18-23,25,28,30H2,1-10H3,(H,62,77)(H,63,76)(H,64,75)/b14-12+,17-13+,33-24+/t32-,34-,36-,37-,38-,40-,43+,44-,45-,46-,47?,48-,49?,50-,51-,52-,53-,54+,60+/m0/s1. The van der Waals surface area contributed by atoms with Crippen LogP contribution in [0.4, 0.5) is 4.39 Å². The second kappa shape index (κ2) is 29.9. The second-order valence-electron chi connectivity index (χ2n) is 23.9. The van der Waals surface area contributed by atoms with Crippen molar-refractivity contribution >= 4 is 35.4 Å². The minimum absolute atomic E-state index is 0.0189. The highest BCUT2D eigenvalue weighted by Gasteiger charge is 2.57. The van der Waals surface area contributed by atoms with Crippen molar-refractivity contribution in [1.29, 1.82) is 0 Å². The first-order valence-corrected chi connectivity index (χ1v) is 29.0. The molecule has 3 saturated heterocycles. The molecule has 454 valence electrons. The lowest BCUT2D eigenvalue weighted by molar-refractivity contribution is -0.267. The number of ketones is 1. The van der Waals surface area contributed by atoms with Gasteiger partial charge in [0.1, 0.15) is 47.3 Å². The Labute approximate surface area is 476 Å². The first-order chi connectivity index (χ1) is 38.1. The number of cyclic esters (lactones) is 1. The maximum Gasteiger partial charge on any atom is 0.325 e. The van der Waals surface area contributed by atoms with Gasteiger partial charge in [0.15, 0.2) is 0 Å². The Kier molecular flexibility index (Phi) is 24.6. The third-order valence-electron chi connectivity index (χ3n) is 17.4. The molecule has 1 aromatic carbocycles. The normalized spacial score (nSPS) is 34.8. The predicted molar refractivity (Wildman–Crippen MR) is 298 cm³/mol. The minimum Gasteiger partial charge on any atom is -0.508 e. The molecular formula is C60H92FN5O15. The number of carbonyl (C=O) groups excluding carboxylic acids is 6. The van der Waals surface area contributed by atoms with Crippen molar-refractivity contribution in [2.24, 2.45) is 47.3 Å². The Bertz CT molecular complexity index is 2400. The number of phenolic OH excluding ortho intramolecular Hbond substituents is 1. The van der Waals surface area contributed by atoms with Crippen molar-refractivity contribution < 1.29 is 78.4 Å². The van der Waals surface area contributed by atoms with Crippen LogP contribution < -0.4 is 21.4 Å². The van der Waals surface area contributed by atoms with Crippen LogP contribution in [0.2, 0.25) is 0 Å². The molecular weight excluding hydrogens is 1050 g/mol. The Morgan fingerprint density at radius 3 is 2.26 bits per heavy atom. The SMILES string of the molecule is CC[C@H]1C[C@H](C)[C@@]2(NC1=O)O[C@@H](C[C@H](O)[C@@H](C)CCC(O)C(O)/C=C(\C)[C@@H]1C/C=C/C=C/[C@H](O)[C@H](C)[C@@H](O)[C@@H](CCC(C)=O)C(=O)N[C@@H](C(C)C)C(=O)N[C@@H](Cc3cc(O)cc(F)c3)C(=O)N3CCC[C@H](N3)C(=O)O1)[C@H](C)[C@H](O)[C@@H]2C. The van der Waals surface area contributed by atoms with Gasteiger partial charge in [-0.15, -0.1) is 0 Å². The molecule has 4 aliphatic rings. The lowest BCUT2D eigenvalue weighted by atomic mass is 9.69. The molecule has 81 heavy (non-hydrogen) atoms. The number of hydrogen-bond donors (Lipinski definition) is 11. The smallest absolute Gasteiger partial charge is 0.325 e. The minimum atomic E-state index is -1.51. The van der Waals surface area contributed by atoms with Gasteiger partial charge in [-0.05, 0) is 93.9 Å². The number of benzene rings is 1. The molecule has 11 N–H and O–H groups in total. The number of ether oxygens (including phenoxy) is 2. The van der Waals surface area contributed by atoms with Crippen molar-refractivity contribution in [3.63, 3.8) is 0 Å². The highest BCUT2D eigenvalue weighted by Crippen LogP contribution is 2.46. The van der Waals surface area contributed by atoms with Gasteiger partial charge in [0, 0.05) is 67.9 Å². The number of fused-ring (bicyclic) bond motifs is 2. The van der Waals surface area contributed by atoms with Gasteiger partial charge in [0.2, 0.25) is 17.7 Å². The van der Waals surface area contributed by atoms with E-state index in [1.807, 2.05) is 34.6 Å². The van der Waals surface area contributed by atoms with Crippen LogP contribution in [0.5, 0.6) is 5.75 Å². The quantitative estimate of drug-likeness (QED) is 0.0830. The van der Waals surface area contributed by atoms with E-state index in [-0.39, 0.29) is 92.9 Å². The number of aliphatic hydroxyl groups excluding tert-OH is 6. The average Bonchev–Trinajstić information content (AvgIpc) is 3.52. The van der Waals surface area contributed by atoms with Gasteiger partial charge >= 0.3 is 5.97 Å². The van der Waals surface area contributed by atoms with Gasteiger partial charge in [-0.2, -0.15) is 0 Å². The summed E-state index contributed by atoms with van der Waals surface area (Å²) in [6.45, 7) is 17.3. The lowest BCUT2D eigenvalue weighted by Gasteiger charge is -2.56. The molecule has 0 aromatic heterocycles. The van der Waals surface area contributed by atoms with Crippen molar-refractivity contribution in [2.75, 3.05) is 6.54 Å². The largest absolute Gasteiger partial charge is 0.508 e. The van der Waals surface area contributed by atoms with Crippen LogP contribution in [0.25, 0.3) is 0 Å². The molecule has 4 aliphatic heterocycles. The number of esters is 1.